The van der Waals surface area contributed by atoms with Crippen molar-refractivity contribution >= 4 is 21.7 Å². The second-order valence-corrected chi connectivity index (χ2v) is 6.42. The number of benzene rings is 1. The van der Waals surface area contributed by atoms with Crippen molar-refractivity contribution in [1.82, 2.24) is 4.90 Å². The van der Waals surface area contributed by atoms with Gasteiger partial charge in [-0.05, 0) is 19.1 Å². The number of rotatable bonds is 6. The number of hydrogen-bond donors (Lipinski definition) is 0. The molecule has 116 valence electrons. The molecule has 0 aliphatic carbocycles. The third-order valence-corrected chi connectivity index (χ3v) is 4.37. The molecular weight excluding hydrogens is 292 g/mol. The Morgan fingerprint density at radius 3 is 2.24 bits per heavy atom. The van der Waals surface area contributed by atoms with Crippen molar-refractivity contribution in [2.24, 2.45) is 0 Å². The fraction of sp³-hybridized carbons (Fsp3) is 0.357. The normalized spacial score (nSPS) is 11.9. The summed E-state index contributed by atoms with van der Waals surface area (Å²) in [6, 6.07) is 8.53. The molecule has 0 heterocycles. The fourth-order valence-corrected chi connectivity index (χ4v) is 2.89. The number of carbonyl (C=O) groups excluding carboxylic acids is 1. The molecule has 6 nitrogen and oxygen atoms in total. The van der Waals surface area contributed by atoms with Crippen molar-refractivity contribution in [3.8, 4) is 0 Å². The quantitative estimate of drug-likeness (QED) is 0.587. The van der Waals surface area contributed by atoms with Crippen LogP contribution in [0.2, 0.25) is 0 Å². The van der Waals surface area contributed by atoms with Gasteiger partial charge in [-0.1, -0.05) is 18.2 Å². The minimum absolute atomic E-state index is 0.105. The second-order valence-electron chi connectivity index (χ2n) is 4.49. The molecule has 1 aromatic carbocycles. The molecule has 0 spiro atoms. The summed E-state index contributed by atoms with van der Waals surface area (Å²) in [5.74, 6) is -0.867. The predicted octanol–water partition coefficient (Wildman–Crippen LogP) is 1.42. The van der Waals surface area contributed by atoms with E-state index >= 15 is 0 Å². The molecule has 0 aliphatic heterocycles. The first-order valence-electron chi connectivity index (χ1n) is 6.40. The van der Waals surface area contributed by atoms with Crippen LogP contribution in [0.3, 0.4) is 0 Å². The monoisotopic (exact) mass is 312 g/mol. The molecule has 0 saturated heterocycles. The van der Waals surface area contributed by atoms with Crippen LogP contribution in [-0.4, -0.2) is 47.0 Å². The number of anilines is 1. The van der Waals surface area contributed by atoms with Crippen molar-refractivity contribution in [2.75, 3.05) is 32.1 Å². The average molecular weight is 312 g/mol. The Bertz CT molecular complexity index is 609. The number of hydrogen-bond acceptors (Lipinski definition) is 5. The molecule has 0 fully saturated rings. The molecule has 0 aromatic heterocycles. The molecule has 0 radical (unpaired) electrons. The van der Waals surface area contributed by atoms with E-state index in [-0.39, 0.29) is 6.61 Å². The topological polar surface area (TPSA) is 66.9 Å². The van der Waals surface area contributed by atoms with Gasteiger partial charge in [-0.3, -0.25) is 4.31 Å². The van der Waals surface area contributed by atoms with E-state index in [9.17, 15) is 13.2 Å². The zero-order valence-corrected chi connectivity index (χ0v) is 13.4. The van der Waals surface area contributed by atoms with Crippen LogP contribution in [0.25, 0.3) is 0 Å². The molecule has 0 bridgehead atoms. The van der Waals surface area contributed by atoms with E-state index in [0.717, 1.165) is 4.31 Å². The summed E-state index contributed by atoms with van der Waals surface area (Å²) >= 11 is 0. The summed E-state index contributed by atoms with van der Waals surface area (Å²) in [6.07, 6.45) is 1.24. The lowest BCUT2D eigenvalue weighted by Gasteiger charge is -2.21. The van der Waals surface area contributed by atoms with Crippen LogP contribution in [0, 0.1) is 0 Å². The van der Waals surface area contributed by atoms with Gasteiger partial charge in [-0.2, -0.15) is 0 Å². The minimum atomic E-state index is -3.99. The Labute approximate surface area is 125 Å². The van der Waals surface area contributed by atoms with Crippen LogP contribution in [0.1, 0.15) is 6.92 Å². The van der Waals surface area contributed by atoms with Crippen LogP contribution in [0.5, 0.6) is 0 Å². The van der Waals surface area contributed by atoms with Gasteiger partial charge >= 0.3 is 5.97 Å². The van der Waals surface area contributed by atoms with Crippen LogP contribution in [0.15, 0.2) is 41.4 Å². The van der Waals surface area contributed by atoms with Gasteiger partial charge < -0.3 is 9.64 Å². The van der Waals surface area contributed by atoms with E-state index in [1.54, 1.807) is 51.4 Å². The number of carbonyl (C=O) groups is 1. The van der Waals surface area contributed by atoms with Crippen LogP contribution in [0.4, 0.5) is 5.69 Å². The first kappa shape index (κ1) is 17.0. The highest BCUT2D eigenvalue weighted by Gasteiger charge is 2.31. The van der Waals surface area contributed by atoms with Crippen molar-refractivity contribution in [3.63, 3.8) is 0 Å². The number of ether oxygens (including phenoxy) is 1. The standard InChI is InChI=1S/C14H20N2O4S/c1-5-20-14(17)13(11-15(2)3)21(18,19)16(4)12-9-7-6-8-10-12/h6-11H,5H2,1-4H3. The third-order valence-electron chi connectivity index (χ3n) is 2.61. The number of esters is 1. The Balaban J connectivity index is 3.25. The van der Waals surface area contributed by atoms with E-state index in [1.165, 1.54) is 18.1 Å². The van der Waals surface area contributed by atoms with Gasteiger partial charge in [0.15, 0.2) is 4.91 Å². The average Bonchev–Trinajstić information content (AvgIpc) is 2.44. The van der Waals surface area contributed by atoms with Gasteiger partial charge in [0.1, 0.15) is 0 Å². The first-order valence-corrected chi connectivity index (χ1v) is 7.84. The zero-order valence-electron chi connectivity index (χ0n) is 12.6. The molecule has 0 saturated carbocycles. The second kappa shape index (κ2) is 7.12. The highest BCUT2D eigenvalue weighted by Crippen LogP contribution is 2.21. The maximum atomic E-state index is 12.6. The maximum absolute atomic E-state index is 12.6. The van der Waals surface area contributed by atoms with E-state index in [0.29, 0.717) is 5.69 Å². The lowest BCUT2D eigenvalue weighted by molar-refractivity contribution is -0.137. The molecule has 0 atom stereocenters. The highest BCUT2D eigenvalue weighted by molar-refractivity contribution is 7.97. The minimum Gasteiger partial charge on any atom is -0.462 e. The van der Waals surface area contributed by atoms with Crippen LogP contribution < -0.4 is 4.31 Å². The molecule has 7 heteroatoms. The number of nitrogens with zero attached hydrogens (tertiary/aromatic N) is 2. The Hall–Kier alpha value is -2.02. The molecule has 21 heavy (non-hydrogen) atoms. The number of para-hydroxylation sites is 1. The van der Waals surface area contributed by atoms with Crippen molar-refractivity contribution in [3.05, 3.63) is 41.4 Å². The summed E-state index contributed by atoms with van der Waals surface area (Å²) in [5.41, 5.74) is 0.464. The molecular formula is C14H20N2O4S. The first-order chi connectivity index (χ1) is 9.80. The van der Waals surface area contributed by atoms with Gasteiger partial charge in [-0.25, -0.2) is 13.2 Å². The molecule has 0 amide bonds. The van der Waals surface area contributed by atoms with Crippen LogP contribution >= 0.6 is 0 Å². The van der Waals surface area contributed by atoms with Gasteiger partial charge in [0.2, 0.25) is 0 Å². The molecule has 1 aromatic rings. The molecule has 0 N–H and O–H groups in total. The molecule has 1 rings (SSSR count). The van der Waals surface area contributed by atoms with Gasteiger partial charge in [-0.15, -0.1) is 0 Å². The zero-order chi connectivity index (χ0) is 16.0. The Kier molecular flexibility index (Phi) is 5.78. The summed E-state index contributed by atoms with van der Waals surface area (Å²) in [6.45, 7) is 1.73. The Morgan fingerprint density at radius 1 is 1.19 bits per heavy atom. The van der Waals surface area contributed by atoms with Crippen molar-refractivity contribution in [1.29, 1.82) is 0 Å². The lowest BCUT2D eigenvalue weighted by atomic mass is 10.3. The lowest BCUT2D eigenvalue weighted by Crippen LogP contribution is -2.32. The predicted molar refractivity (Wildman–Crippen MR) is 82.2 cm³/mol. The summed E-state index contributed by atoms with van der Waals surface area (Å²) in [7, 11) is 0.676. The van der Waals surface area contributed by atoms with Gasteiger partial charge in [0.25, 0.3) is 10.0 Å². The maximum Gasteiger partial charge on any atom is 0.353 e. The third kappa shape index (κ3) is 4.22. The summed E-state index contributed by atoms with van der Waals surface area (Å²) in [4.78, 5) is 13.0. The fourth-order valence-electron chi connectivity index (χ4n) is 1.59. The Morgan fingerprint density at radius 2 is 1.76 bits per heavy atom. The summed E-state index contributed by atoms with van der Waals surface area (Å²) < 4.78 is 31.1. The van der Waals surface area contributed by atoms with E-state index in [2.05, 4.69) is 0 Å². The molecule has 0 aliphatic rings. The van der Waals surface area contributed by atoms with Crippen molar-refractivity contribution in [2.45, 2.75) is 6.92 Å². The van der Waals surface area contributed by atoms with Crippen LogP contribution in [-0.2, 0) is 19.6 Å². The highest BCUT2D eigenvalue weighted by atomic mass is 32.2. The smallest absolute Gasteiger partial charge is 0.353 e. The largest absolute Gasteiger partial charge is 0.462 e. The van der Waals surface area contributed by atoms with Gasteiger partial charge in [0.05, 0.1) is 12.3 Å². The SMILES string of the molecule is CCOC(=O)C(=CN(C)C)S(=O)(=O)N(C)c1ccccc1. The van der Waals surface area contributed by atoms with E-state index in [1.807, 2.05) is 0 Å². The van der Waals surface area contributed by atoms with E-state index < -0.39 is 20.9 Å². The summed E-state index contributed by atoms with van der Waals surface area (Å²) in [5, 5.41) is 0. The van der Waals surface area contributed by atoms with E-state index in [4.69, 9.17) is 4.74 Å². The number of sulfonamides is 1. The van der Waals surface area contributed by atoms with Crippen molar-refractivity contribution < 1.29 is 17.9 Å². The molecule has 0 unspecified atom stereocenters. The van der Waals surface area contributed by atoms with Gasteiger partial charge in [0, 0.05) is 27.3 Å².